The minimum atomic E-state index is -0.577. The van der Waals surface area contributed by atoms with Crippen LogP contribution < -0.4 is 16.4 Å². The number of nitrogens with two attached hydrogens (primary N) is 1. The second-order valence-electron chi connectivity index (χ2n) is 3.38. The zero-order valence-corrected chi connectivity index (χ0v) is 10.3. The van der Waals surface area contributed by atoms with Crippen LogP contribution in [-0.4, -0.2) is 42.4 Å². The highest BCUT2D eigenvalue weighted by molar-refractivity contribution is 5.97. The number of amides is 1. The number of carbonyl (C=O) groups is 1. The van der Waals surface area contributed by atoms with Crippen LogP contribution in [0.3, 0.4) is 0 Å². The van der Waals surface area contributed by atoms with Crippen molar-refractivity contribution in [2.75, 3.05) is 20.6 Å². The summed E-state index contributed by atoms with van der Waals surface area (Å²) in [4.78, 5) is 12.1. The minimum absolute atomic E-state index is 0.0226. The van der Waals surface area contributed by atoms with Crippen LogP contribution in [0.1, 0.15) is 6.92 Å². The Morgan fingerprint density at radius 3 is 2.47 bits per heavy atom. The Morgan fingerprint density at radius 2 is 2.12 bits per heavy atom. The second-order valence-corrected chi connectivity index (χ2v) is 3.38. The lowest BCUT2D eigenvalue weighted by molar-refractivity contribution is -0.117. The van der Waals surface area contributed by atoms with Crippen LogP contribution >= 0.6 is 0 Å². The molecule has 0 aromatic carbocycles. The standard InChI is InChI=1S/C10H19N5O2/c1-6(16)9(14-5-8(11)17)10(12)15(4)7(2)13-3/h12-14,16H,2,5H2,1,3-4H3,(H2,11,17). The molecule has 7 nitrogen and oxygen atoms in total. The molecule has 6 N–H and O–H groups in total. The number of carbonyl (C=O) groups excluding carboxylic acids is 1. The molecule has 0 radical (unpaired) electrons. The number of hydrogen-bond acceptors (Lipinski definition) is 5. The van der Waals surface area contributed by atoms with Crippen LogP contribution in [-0.2, 0) is 4.79 Å². The molecule has 0 aromatic heterocycles. The zero-order chi connectivity index (χ0) is 13.6. The van der Waals surface area contributed by atoms with Crippen molar-refractivity contribution in [1.29, 1.82) is 5.41 Å². The number of allylic oxidation sites excluding steroid dienone is 1. The van der Waals surface area contributed by atoms with Gasteiger partial charge in [0.15, 0.2) is 5.84 Å². The number of rotatable bonds is 6. The third kappa shape index (κ3) is 4.45. The van der Waals surface area contributed by atoms with Crippen molar-refractivity contribution in [3.8, 4) is 0 Å². The van der Waals surface area contributed by atoms with Gasteiger partial charge in [0.05, 0.1) is 12.4 Å². The molecule has 0 saturated carbocycles. The van der Waals surface area contributed by atoms with Crippen LogP contribution in [0.4, 0.5) is 0 Å². The average Bonchev–Trinajstić information content (AvgIpc) is 2.25. The van der Waals surface area contributed by atoms with Gasteiger partial charge in [-0.25, -0.2) is 0 Å². The first-order valence-electron chi connectivity index (χ1n) is 4.92. The first kappa shape index (κ1) is 14.8. The number of primary amides is 1. The fourth-order valence-corrected chi connectivity index (χ4v) is 1.03. The van der Waals surface area contributed by atoms with E-state index in [9.17, 15) is 9.90 Å². The van der Waals surface area contributed by atoms with Crippen molar-refractivity contribution < 1.29 is 9.90 Å². The lowest BCUT2D eigenvalue weighted by atomic mass is 10.3. The van der Waals surface area contributed by atoms with Crippen molar-refractivity contribution >= 4 is 11.7 Å². The third-order valence-electron chi connectivity index (χ3n) is 2.07. The fraction of sp³-hybridized carbons (Fsp3) is 0.400. The van der Waals surface area contributed by atoms with Gasteiger partial charge in [0.1, 0.15) is 11.5 Å². The summed E-state index contributed by atoms with van der Waals surface area (Å²) in [6.07, 6.45) is 0. The Morgan fingerprint density at radius 1 is 1.59 bits per heavy atom. The normalized spacial score (nSPS) is 11.2. The van der Waals surface area contributed by atoms with Crippen molar-refractivity contribution in [2.24, 2.45) is 5.73 Å². The summed E-state index contributed by atoms with van der Waals surface area (Å²) in [5, 5.41) is 22.7. The van der Waals surface area contributed by atoms with E-state index in [0.717, 1.165) is 0 Å². The van der Waals surface area contributed by atoms with Gasteiger partial charge >= 0.3 is 0 Å². The number of aliphatic hydroxyl groups excluding tert-OH is 1. The number of aliphatic hydroxyl groups is 1. The highest BCUT2D eigenvalue weighted by atomic mass is 16.3. The van der Waals surface area contributed by atoms with Gasteiger partial charge in [-0.05, 0) is 6.92 Å². The van der Waals surface area contributed by atoms with E-state index in [1.165, 1.54) is 11.8 Å². The van der Waals surface area contributed by atoms with Crippen molar-refractivity contribution in [1.82, 2.24) is 15.5 Å². The lowest BCUT2D eigenvalue weighted by Crippen LogP contribution is -2.39. The van der Waals surface area contributed by atoms with Gasteiger partial charge in [0, 0.05) is 14.1 Å². The van der Waals surface area contributed by atoms with Gasteiger partial charge in [-0.1, -0.05) is 6.58 Å². The molecule has 96 valence electrons. The van der Waals surface area contributed by atoms with Gasteiger partial charge < -0.3 is 26.4 Å². The number of nitrogens with one attached hydrogen (secondary N) is 3. The topological polar surface area (TPSA) is 114 Å². The highest BCUT2D eigenvalue weighted by Gasteiger charge is 2.15. The quantitative estimate of drug-likeness (QED) is 0.243. The molecule has 0 unspecified atom stereocenters. The summed E-state index contributed by atoms with van der Waals surface area (Å²) in [5.74, 6) is -0.223. The smallest absolute Gasteiger partial charge is 0.236 e. The van der Waals surface area contributed by atoms with Gasteiger partial charge in [-0.3, -0.25) is 10.2 Å². The Kier molecular flexibility index (Phi) is 5.59. The summed E-state index contributed by atoms with van der Waals surface area (Å²) in [5.41, 5.74) is 5.11. The van der Waals surface area contributed by atoms with Crippen molar-refractivity contribution in [3.63, 3.8) is 0 Å². The SMILES string of the molecule is C=C(NC)N(C)C(=N)C(NCC(N)=O)=C(C)O. The molecule has 1 amide bonds. The summed E-state index contributed by atoms with van der Waals surface area (Å²) < 4.78 is 0. The van der Waals surface area contributed by atoms with Gasteiger partial charge in [0.25, 0.3) is 0 Å². The van der Waals surface area contributed by atoms with E-state index in [1.54, 1.807) is 14.1 Å². The molecule has 0 spiro atoms. The minimum Gasteiger partial charge on any atom is -0.510 e. The zero-order valence-electron chi connectivity index (χ0n) is 10.3. The monoisotopic (exact) mass is 241 g/mol. The van der Waals surface area contributed by atoms with E-state index in [0.29, 0.717) is 5.82 Å². The van der Waals surface area contributed by atoms with Crippen LogP contribution in [0.2, 0.25) is 0 Å². The predicted octanol–water partition coefficient (Wildman–Crippen LogP) is -0.550. The van der Waals surface area contributed by atoms with Crippen LogP contribution in [0.5, 0.6) is 0 Å². The fourth-order valence-electron chi connectivity index (χ4n) is 1.03. The number of nitrogens with zero attached hydrogens (tertiary/aromatic N) is 1. The maximum absolute atomic E-state index is 10.7. The Hall–Kier alpha value is -2.18. The summed E-state index contributed by atoms with van der Waals surface area (Å²) in [7, 11) is 3.27. The van der Waals surface area contributed by atoms with E-state index < -0.39 is 5.91 Å². The number of hydrogen-bond donors (Lipinski definition) is 5. The maximum atomic E-state index is 10.7. The van der Waals surface area contributed by atoms with Crippen molar-refractivity contribution in [3.05, 3.63) is 23.9 Å². The van der Waals surface area contributed by atoms with E-state index in [2.05, 4.69) is 17.2 Å². The lowest BCUT2D eigenvalue weighted by Gasteiger charge is -2.24. The van der Waals surface area contributed by atoms with Gasteiger partial charge in [-0.15, -0.1) is 0 Å². The Balaban J connectivity index is 4.86. The molecule has 0 aromatic rings. The van der Waals surface area contributed by atoms with Crippen LogP contribution in [0, 0.1) is 5.41 Å². The van der Waals surface area contributed by atoms with Gasteiger partial charge in [0.2, 0.25) is 5.91 Å². The summed E-state index contributed by atoms with van der Waals surface area (Å²) in [6.45, 7) is 4.93. The Labute approximate surface area is 100 Å². The van der Waals surface area contributed by atoms with Crippen LogP contribution in [0.15, 0.2) is 23.9 Å². The molecule has 0 saturated heterocycles. The van der Waals surface area contributed by atoms with Gasteiger partial charge in [-0.2, -0.15) is 0 Å². The largest absolute Gasteiger partial charge is 0.510 e. The van der Waals surface area contributed by atoms with E-state index in [-0.39, 0.29) is 23.8 Å². The molecule has 0 bridgehead atoms. The molecule has 7 heteroatoms. The number of likely N-dealkylation sites (N-methyl/N-ethyl adjacent to an activating group) is 1. The van der Waals surface area contributed by atoms with E-state index in [1.807, 2.05) is 0 Å². The van der Waals surface area contributed by atoms with E-state index >= 15 is 0 Å². The Bertz CT molecular complexity index is 358. The molecule has 0 aliphatic heterocycles. The second kappa shape index (κ2) is 6.41. The molecule has 0 aliphatic rings. The molecule has 0 rings (SSSR count). The first-order chi connectivity index (χ1) is 7.81. The molecular weight excluding hydrogens is 222 g/mol. The molecule has 0 aliphatic carbocycles. The molecule has 0 fully saturated rings. The summed E-state index contributed by atoms with van der Waals surface area (Å²) >= 11 is 0. The molecule has 17 heavy (non-hydrogen) atoms. The molecule has 0 atom stereocenters. The average molecular weight is 241 g/mol. The van der Waals surface area contributed by atoms with Crippen molar-refractivity contribution in [2.45, 2.75) is 6.92 Å². The first-order valence-corrected chi connectivity index (χ1v) is 4.92. The molecule has 0 heterocycles. The number of amidine groups is 1. The highest BCUT2D eigenvalue weighted by Crippen LogP contribution is 2.05. The molecular formula is C10H19N5O2. The maximum Gasteiger partial charge on any atom is 0.236 e. The van der Waals surface area contributed by atoms with Crippen LogP contribution in [0.25, 0.3) is 0 Å². The third-order valence-corrected chi connectivity index (χ3v) is 2.07. The van der Waals surface area contributed by atoms with E-state index in [4.69, 9.17) is 11.1 Å². The summed E-state index contributed by atoms with van der Waals surface area (Å²) in [6, 6.07) is 0. The predicted molar refractivity (Wildman–Crippen MR) is 66.2 cm³/mol.